The molecule has 0 unspecified atom stereocenters. The van der Waals surface area contributed by atoms with Gasteiger partial charge in [0.2, 0.25) is 6.21 Å². The second-order valence-electron chi connectivity index (χ2n) is 2.30. The van der Waals surface area contributed by atoms with Gasteiger partial charge in [-0.25, -0.2) is 0 Å². The van der Waals surface area contributed by atoms with Crippen LogP contribution >= 0.6 is 0 Å². The molecule has 0 saturated carbocycles. The molecular formula is C9H7N+. The fraction of sp³-hybridized carbons (Fsp3) is 0. The van der Waals surface area contributed by atoms with Crippen molar-refractivity contribution in [3.05, 3.63) is 36.4 Å². The van der Waals surface area contributed by atoms with Gasteiger partial charge in [-0.05, 0) is 6.07 Å². The van der Waals surface area contributed by atoms with Crippen LogP contribution in [0.25, 0.3) is 5.57 Å². The summed E-state index contributed by atoms with van der Waals surface area (Å²) >= 11 is 0. The Morgan fingerprint density at radius 1 is 1.20 bits per heavy atom. The minimum absolute atomic E-state index is 1.01. The second-order valence-corrected chi connectivity index (χ2v) is 2.30. The standard InChI is InChI=1S/C9H7N/c1-7-6-10-9-5-3-2-4-8(7)9/h2-6H,1H2/q+1. The maximum atomic E-state index is 4.16. The first kappa shape index (κ1) is 5.42. The first-order valence-corrected chi connectivity index (χ1v) is 3.20. The smallest absolute Gasteiger partial charge is 0.0846 e. The van der Waals surface area contributed by atoms with Crippen molar-refractivity contribution in [1.82, 2.24) is 4.99 Å². The van der Waals surface area contributed by atoms with E-state index in [1.54, 1.807) is 6.21 Å². The number of hydrogen-bond donors (Lipinski definition) is 0. The van der Waals surface area contributed by atoms with E-state index >= 15 is 0 Å². The van der Waals surface area contributed by atoms with Crippen LogP contribution in [0, 0.1) is 0 Å². The third kappa shape index (κ3) is 0.605. The summed E-state index contributed by atoms with van der Waals surface area (Å²) in [5.74, 6) is 0. The molecule has 1 radical (unpaired) electrons. The normalized spacial score (nSPS) is 13.8. The number of hydrogen-bond acceptors (Lipinski definition) is 1. The summed E-state index contributed by atoms with van der Waals surface area (Å²) in [6, 6.07) is 8.00. The Morgan fingerprint density at radius 3 is 2.80 bits per heavy atom. The molecule has 47 valence electrons. The highest BCUT2D eigenvalue weighted by atomic mass is 14.7. The van der Waals surface area contributed by atoms with Crippen molar-refractivity contribution in [2.75, 3.05) is 0 Å². The molecule has 0 N–H and O–H groups in total. The number of nitrogens with zero attached hydrogens (tertiary/aromatic N) is 1. The lowest BCUT2D eigenvalue weighted by Gasteiger charge is -1.85. The number of rotatable bonds is 0. The average Bonchev–Trinajstić information content (AvgIpc) is 2.34. The summed E-state index contributed by atoms with van der Waals surface area (Å²) in [5, 5.41) is 0. The Hall–Kier alpha value is -1.37. The number of benzene rings is 1. The third-order valence-corrected chi connectivity index (χ3v) is 1.61. The van der Waals surface area contributed by atoms with Crippen LogP contribution in [0.1, 0.15) is 5.56 Å². The van der Waals surface area contributed by atoms with E-state index in [9.17, 15) is 0 Å². The van der Waals surface area contributed by atoms with E-state index in [-0.39, 0.29) is 0 Å². The molecule has 0 bridgehead atoms. The minimum atomic E-state index is 1.01. The van der Waals surface area contributed by atoms with Crippen molar-refractivity contribution < 1.29 is 0 Å². The van der Waals surface area contributed by atoms with Crippen molar-refractivity contribution in [1.29, 1.82) is 0 Å². The molecule has 1 heterocycles. The molecule has 1 aliphatic heterocycles. The van der Waals surface area contributed by atoms with Crippen molar-refractivity contribution in [3.63, 3.8) is 0 Å². The van der Waals surface area contributed by atoms with E-state index in [1.807, 2.05) is 24.3 Å². The highest BCUT2D eigenvalue weighted by Gasteiger charge is 2.19. The second kappa shape index (κ2) is 1.81. The van der Waals surface area contributed by atoms with Gasteiger partial charge in [-0.1, -0.05) is 18.7 Å². The molecule has 2 rings (SSSR count). The van der Waals surface area contributed by atoms with E-state index in [0.717, 1.165) is 16.8 Å². The Kier molecular flexibility index (Phi) is 0.978. The maximum Gasteiger partial charge on any atom is 0.285 e. The molecule has 0 atom stereocenters. The molecule has 1 nitrogen and oxygen atoms in total. The van der Waals surface area contributed by atoms with E-state index in [2.05, 4.69) is 11.6 Å². The molecule has 1 aromatic rings. The summed E-state index contributed by atoms with van der Waals surface area (Å²) in [4.78, 5) is 4.16. The van der Waals surface area contributed by atoms with Gasteiger partial charge >= 0.3 is 0 Å². The van der Waals surface area contributed by atoms with Crippen LogP contribution in [-0.2, 0) is 0 Å². The topological polar surface area (TPSA) is 14.1 Å². The Bertz CT molecular complexity index is 310. The lowest BCUT2D eigenvalue weighted by atomic mass is 10.1. The third-order valence-electron chi connectivity index (χ3n) is 1.61. The number of fused-ring (bicyclic) bond motifs is 1. The predicted molar refractivity (Wildman–Crippen MR) is 43.3 cm³/mol. The first-order valence-electron chi connectivity index (χ1n) is 3.20. The molecule has 0 amide bonds. The van der Waals surface area contributed by atoms with E-state index in [0.29, 0.717) is 0 Å². The van der Waals surface area contributed by atoms with Gasteiger partial charge in [0, 0.05) is 6.07 Å². The van der Waals surface area contributed by atoms with Gasteiger partial charge in [0.05, 0.1) is 16.1 Å². The summed E-state index contributed by atoms with van der Waals surface area (Å²) in [5.41, 5.74) is 3.20. The van der Waals surface area contributed by atoms with Gasteiger partial charge in [0.25, 0.3) is 5.69 Å². The molecule has 1 aromatic carbocycles. The van der Waals surface area contributed by atoms with Crippen molar-refractivity contribution in [2.45, 2.75) is 0 Å². The van der Waals surface area contributed by atoms with Crippen molar-refractivity contribution in [3.8, 4) is 0 Å². The molecule has 0 aliphatic carbocycles. The molecule has 0 spiro atoms. The molecule has 0 aromatic heterocycles. The number of para-hydroxylation sites is 1. The molecule has 1 aliphatic rings. The van der Waals surface area contributed by atoms with Crippen LogP contribution in [0.4, 0.5) is 5.69 Å². The van der Waals surface area contributed by atoms with Gasteiger partial charge in [-0.15, -0.1) is 0 Å². The lowest BCUT2D eigenvalue weighted by molar-refractivity contribution is 1.42. The Labute approximate surface area is 59.7 Å². The SMILES string of the molecule is C=C1C=[N+]c2ccccc21. The average molecular weight is 129 g/mol. The molecule has 0 fully saturated rings. The first-order chi connectivity index (χ1) is 4.88. The van der Waals surface area contributed by atoms with E-state index in [1.165, 1.54) is 0 Å². The summed E-state index contributed by atoms with van der Waals surface area (Å²) in [6.07, 6.45) is 1.80. The van der Waals surface area contributed by atoms with Crippen LogP contribution in [0.15, 0.2) is 30.8 Å². The molecule has 10 heavy (non-hydrogen) atoms. The predicted octanol–water partition coefficient (Wildman–Crippen LogP) is 1.75. The van der Waals surface area contributed by atoms with Crippen LogP contribution in [0.3, 0.4) is 0 Å². The van der Waals surface area contributed by atoms with Crippen molar-refractivity contribution in [2.24, 2.45) is 0 Å². The lowest BCUT2D eigenvalue weighted by Crippen LogP contribution is -1.74. The zero-order valence-electron chi connectivity index (χ0n) is 5.54. The van der Waals surface area contributed by atoms with Crippen LogP contribution in [-0.4, -0.2) is 6.21 Å². The van der Waals surface area contributed by atoms with Gasteiger partial charge in [0.15, 0.2) is 0 Å². The number of allylic oxidation sites excluding steroid dienone is 1. The largest absolute Gasteiger partial charge is 0.285 e. The highest BCUT2D eigenvalue weighted by molar-refractivity contribution is 6.14. The quantitative estimate of drug-likeness (QED) is 0.506. The van der Waals surface area contributed by atoms with E-state index in [4.69, 9.17) is 0 Å². The monoisotopic (exact) mass is 129 g/mol. The molecule has 1 heteroatoms. The van der Waals surface area contributed by atoms with Crippen LogP contribution < -0.4 is 4.99 Å². The molecule has 0 saturated heterocycles. The fourth-order valence-corrected chi connectivity index (χ4v) is 1.07. The highest BCUT2D eigenvalue weighted by Crippen LogP contribution is 2.23. The van der Waals surface area contributed by atoms with Crippen molar-refractivity contribution >= 4 is 17.5 Å². The zero-order chi connectivity index (χ0) is 6.97. The van der Waals surface area contributed by atoms with Gasteiger partial charge in [-0.3, -0.25) is 0 Å². The summed E-state index contributed by atoms with van der Waals surface area (Å²) in [7, 11) is 0. The van der Waals surface area contributed by atoms with Crippen LogP contribution in [0.5, 0.6) is 0 Å². The summed E-state index contributed by atoms with van der Waals surface area (Å²) < 4.78 is 0. The van der Waals surface area contributed by atoms with Crippen LogP contribution in [0.2, 0.25) is 0 Å². The van der Waals surface area contributed by atoms with Gasteiger partial charge in [0.1, 0.15) is 0 Å². The van der Waals surface area contributed by atoms with E-state index < -0.39 is 0 Å². The zero-order valence-corrected chi connectivity index (χ0v) is 5.54. The number of aliphatic imine (C=N–C) groups is 1. The van der Waals surface area contributed by atoms with Gasteiger partial charge in [-0.2, -0.15) is 0 Å². The minimum Gasteiger partial charge on any atom is -0.0846 e. The fourth-order valence-electron chi connectivity index (χ4n) is 1.07. The maximum absolute atomic E-state index is 4.16. The Morgan fingerprint density at radius 2 is 2.00 bits per heavy atom. The summed E-state index contributed by atoms with van der Waals surface area (Å²) in [6.45, 7) is 3.85. The molecular weight excluding hydrogens is 122 g/mol. The van der Waals surface area contributed by atoms with Gasteiger partial charge < -0.3 is 0 Å². The Balaban J connectivity index is 2.70.